The van der Waals surface area contributed by atoms with Crippen molar-refractivity contribution in [3.05, 3.63) is 0 Å². The van der Waals surface area contributed by atoms with Crippen LogP contribution in [0.25, 0.3) is 0 Å². The van der Waals surface area contributed by atoms with Crippen LogP contribution in [0, 0.1) is 39.9 Å². The van der Waals surface area contributed by atoms with E-state index in [1.807, 2.05) is 0 Å². The maximum absolute atomic E-state index is 2.54. The van der Waals surface area contributed by atoms with Crippen LogP contribution < -0.4 is 0 Å². The minimum atomic E-state index is 0.533. The quantitative estimate of drug-likeness (QED) is 0.553. The molecule has 5 atom stereocenters. The van der Waals surface area contributed by atoms with Gasteiger partial charge in [0.15, 0.2) is 0 Å². The number of fused-ring (bicyclic) bond motifs is 1. The van der Waals surface area contributed by atoms with Gasteiger partial charge in [0, 0.05) is 0 Å². The minimum Gasteiger partial charge on any atom is -0.0619 e. The Hall–Kier alpha value is 0. The summed E-state index contributed by atoms with van der Waals surface area (Å²) >= 11 is 0. The first-order valence-corrected chi connectivity index (χ1v) is 6.73. The van der Waals surface area contributed by atoms with Gasteiger partial charge in [-0.1, -0.05) is 41.5 Å². The Kier molecular flexibility index (Phi) is 1.57. The molecule has 0 nitrogen and oxygen atoms in total. The fourth-order valence-electron chi connectivity index (χ4n) is 6.17. The standard InChI is InChI=1S/C15H26/c1-9-7-10-8-15(9)12(14(15,5)6)11(10)13(2,3)4/h9-12H,7-8H2,1-6H3. The average Bonchev–Trinajstić information content (AvgIpc) is 2.46. The predicted molar refractivity (Wildman–Crippen MR) is 64.5 cm³/mol. The Bertz CT molecular complexity index is 306. The molecule has 0 saturated heterocycles. The van der Waals surface area contributed by atoms with E-state index in [-0.39, 0.29) is 0 Å². The molecule has 0 heteroatoms. The number of rotatable bonds is 0. The highest BCUT2D eigenvalue weighted by atomic mass is 14.9. The number of hydrogen-bond donors (Lipinski definition) is 0. The molecule has 0 aromatic carbocycles. The maximum atomic E-state index is 2.54. The summed E-state index contributed by atoms with van der Waals surface area (Å²) in [6.07, 6.45) is 3.07. The van der Waals surface area contributed by atoms with E-state index in [0.717, 1.165) is 29.1 Å². The second kappa shape index (κ2) is 2.31. The molecule has 3 aliphatic rings. The van der Waals surface area contributed by atoms with Crippen LogP contribution in [-0.2, 0) is 0 Å². The molecular formula is C15H26. The zero-order valence-corrected chi connectivity index (χ0v) is 11.2. The summed E-state index contributed by atoms with van der Waals surface area (Å²) in [6, 6.07) is 0. The lowest BCUT2D eigenvalue weighted by Crippen LogP contribution is -2.30. The SMILES string of the molecule is CC1CC2CC13C(C2C(C)(C)C)C3(C)C. The van der Waals surface area contributed by atoms with E-state index in [9.17, 15) is 0 Å². The Balaban J connectivity index is 2.01. The third-order valence-electron chi connectivity index (χ3n) is 6.45. The van der Waals surface area contributed by atoms with Crippen LogP contribution in [0.15, 0.2) is 0 Å². The third kappa shape index (κ3) is 0.875. The van der Waals surface area contributed by atoms with Gasteiger partial charge in [0.1, 0.15) is 0 Å². The van der Waals surface area contributed by atoms with Gasteiger partial charge in [-0.15, -0.1) is 0 Å². The molecule has 3 fully saturated rings. The Labute approximate surface area is 94.8 Å². The minimum absolute atomic E-state index is 0.533. The summed E-state index contributed by atoms with van der Waals surface area (Å²) in [5, 5.41) is 0. The van der Waals surface area contributed by atoms with Crippen LogP contribution in [0.4, 0.5) is 0 Å². The lowest BCUT2D eigenvalue weighted by molar-refractivity contribution is 0.120. The van der Waals surface area contributed by atoms with E-state index in [0.29, 0.717) is 10.8 Å². The largest absolute Gasteiger partial charge is 0.0619 e. The first kappa shape index (κ1) is 10.2. The molecule has 0 aromatic rings. The summed E-state index contributed by atoms with van der Waals surface area (Å²) in [5.41, 5.74) is 1.94. The molecule has 2 bridgehead atoms. The second-order valence-electron chi connectivity index (χ2n) is 8.23. The summed E-state index contributed by atoms with van der Waals surface area (Å²) in [6.45, 7) is 15.0. The van der Waals surface area contributed by atoms with Gasteiger partial charge in [-0.25, -0.2) is 0 Å². The van der Waals surface area contributed by atoms with Crippen molar-refractivity contribution in [1.29, 1.82) is 0 Å². The zero-order valence-electron chi connectivity index (χ0n) is 11.2. The van der Waals surface area contributed by atoms with Crippen molar-refractivity contribution in [2.24, 2.45) is 39.9 Å². The van der Waals surface area contributed by atoms with Crippen molar-refractivity contribution in [1.82, 2.24) is 0 Å². The Morgan fingerprint density at radius 1 is 1.13 bits per heavy atom. The van der Waals surface area contributed by atoms with Crippen LogP contribution in [0.2, 0.25) is 0 Å². The first-order chi connectivity index (χ1) is 6.73. The van der Waals surface area contributed by atoms with Crippen molar-refractivity contribution in [3.8, 4) is 0 Å². The molecule has 0 amide bonds. The van der Waals surface area contributed by atoms with Crippen molar-refractivity contribution in [2.45, 2.75) is 54.4 Å². The summed E-state index contributed by atoms with van der Waals surface area (Å²) in [4.78, 5) is 0. The molecule has 5 unspecified atom stereocenters. The maximum Gasteiger partial charge on any atom is -0.0178 e. The van der Waals surface area contributed by atoms with Crippen LogP contribution in [0.5, 0.6) is 0 Å². The van der Waals surface area contributed by atoms with Crippen molar-refractivity contribution >= 4 is 0 Å². The van der Waals surface area contributed by atoms with Gasteiger partial charge in [0.05, 0.1) is 0 Å². The predicted octanol–water partition coefficient (Wildman–Crippen LogP) is 4.35. The summed E-state index contributed by atoms with van der Waals surface area (Å²) < 4.78 is 0. The van der Waals surface area contributed by atoms with E-state index < -0.39 is 0 Å². The lowest BCUT2D eigenvalue weighted by Gasteiger charge is -2.36. The highest BCUT2D eigenvalue weighted by molar-refractivity contribution is 5.30. The average molecular weight is 206 g/mol. The zero-order chi connectivity index (χ0) is 11.2. The Morgan fingerprint density at radius 3 is 2.20 bits per heavy atom. The molecule has 0 radical (unpaired) electrons. The molecule has 3 rings (SSSR count). The van der Waals surface area contributed by atoms with E-state index in [1.54, 1.807) is 6.42 Å². The lowest BCUT2D eigenvalue weighted by atomic mass is 9.68. The van der Waals surface area contributed by atoms with E-state index in [2.05, 4.69) is 41.5 Å². The molecule has 0 aliphatic heterocycles. The van der Waals surface area contributed by atoms with E-state index in [1.165, 1.54) is 6.42 Å². The normalized spacial score (nSPS) is 55.6. The van der Waals surface area contributed by atoms with E-state index in [4.69, 9.17) is 0 Å². The van der Waals surface area contributed by atoms with Gasteiger partial charge < -0.3 is 0 Å². The van der Waals surface area contributed by atoms with E-state index >= 15 is 0 Å². The highest BCUT2D eigenvalue weighted by Gasteiger charge is 2.82. The molecule has 1 spiro atoms. The fourth-order valence-corrected chi connectivity index (χ4v) is 6.17. The van der Waals surface area contributed by atoms with Gasteiger partial charge in [0.25, 0.3) is 0 Å². The van der Waals surface area contributed by atoms with Gasteiger partial charge in [-0.2, -0.15) is 0 Å². The second-order valence-corrected chi connectivity index (χ2v) is 8.23. The highest BCUT2D eigenvalue weighted by Crippen LogP contribution is 2.88. The van der Waals surface area contributed by atoms with Crippen LogP contribution >= 0.6 is 0 Å². The molecule has 3 saturated carbocycles. The van der Waals surface area contributed by atoms with Gasteiger partial charge in [0.2, 0.25) is 0 Å². The monoisotopic (exact) mass is 206 g/mol. The van der Waals surface area contributed by atoms with Crippen LogP contribution in [0.1, 0.15) is 54.4 Å². The fraction of sp³-hybridized carbons (Fsp3) is 1.00. The molecule has 86 valence electrons. The summed E-state index contributed by atoms with van der Waals surface area (Å²) in [7, 11) is 0. The first-order valence-electron chi connectivity index (χ1n) is 6.73. The smallest absolute Gasteiger partial charge is 0.0178 e. The summed E-state index contributed by atoms with van der Waals surface area (Å²) in [5.74, 6) is 4.10. The molecule has 0 aromatic heterocycles. The molecule has 0 heterocycles. The van der Waals surface area contributed by atoms with Crippen molar-refractivity contribution in [3.63, 3.8) is 0 Å². The Morgan fingerprint density at radius 2 is 1.73 bits per heavy atom. The van der Waals surface area contributed by atoms with Crippen LogP contribution in [0.3, 0.4) is 0 Å². The third-order valence-corrected chi connectivity index (χ3v) is 6.45. The number of hydrogen-bond acceptors (Lipinski definition) is 0. The van der Waals surface area contributed by atoms with Gasteiger partial charge >= 0.3 is 0 Å². The van der Waals surface area contributed by atoms with Crippen LogP contribution in [-0.4, -0.2) is 0 Å². The van der Waals surface area contributed by atoms with Crippen molar-refractivity contribution in [2.75, 3.05) is 0 Å². The topological polar surface area (TPSA) is 0 Å². The molecule has 0 N–H and O–H groups in total. The van der Waals surface area contributed by atoms with Gasteiger partial charge in [-0.3, -0.25) is 0 Å². The van der Waals surface area contributed by atoms with Gasteiger partial charge in [-0.05, 0) is 52.8 Å². The molecule has 15 heavy (non-hydrogen) atoms. The molecule has 3 aliphatic carbocycles. The molecular weight excluding hydrogens is 180 g/mol. The van der Waals surface area contributed by atoms with Crippen molar-refractivity contribution < 1.29 is 0 Å².